The standard InChI is InChI=1S/C12H14BrN3S/c1-2-10(14)12-16-15-11(17-12)7-8-3-5-9(13)6-4-8/h3-6,10H,2,7,14H2,1H3. The maximum atomic E-state index is 5.92. The number of hydrogen-bond donors (Lipinski definition) is 1. The zero-order chi connectivity index (χ0) is 12.3. The summed E-state index contributed by atoms with van der Waals surface area (Å²) < 4.78 is 1.09. The number of aromatic nitrogens is 2. The molecule has 0 amide bonds. The van der Waals surface area contributed by atoms with Gasteiger partial charge in [-0.2, -0.15) is 0 Å². The molecule has 0 bridgehead atoms. The molecule has 1 heterocycles. The lowest BCUT2D eigenvalue weighted by Gasteiger charge is -2.01. The Balaban J connectivity index is 2.08. The largest absolute Gasteiger partial charge is 0.322 e. The van der Waals surface area contributed by atoms with Gasteiger partial charge in [-0.05, 0) is 24.1 Å². The van der Waals surface area contributed by atoms with Gasteiger partial charge in [-0.25, -0.2) is 0 Å². The first-order valence-corrected chi connectivity index (χ1v) is 7.12. The second kappa shape index (κ2) is 5.71. The van der Waals surface area contributed by atoms with Crippen molar-refractivity contribution in [1.29, 1.82) is 0 Å². The van der Waals surface area contributed by atoms with Crippen molar-refractivity contribution in [2.24, 2.45) is 5.73 Å². The summed E-state index contributed by atoms with van der Waals surface area (Å²) in [5.41, 5.74) is 7.16. The van der Waals surface area contributed by atoms with Gasteiger partial charge in [0, 0.05) is 10.9 Å². The van der Waals surface area contributed by atoms with Crippen molar-refractivity contribution in [2.75, 3.05) is 0 Å². The molecule has 0 aliphatic carbocycles. The molecule has 1 aromatic carbocycles. The van der Waals surface area contributed by atoms with Crippen LogP contribution in [0.4, 0.5) is 0 Å². The second-order valence-electron chi connectivity index (χ2n) is 3.85. The molecule has 90 valence electrons. The quantitative estimate of drug-likeness (QED) is 0.942. The fourth-order valence-corrected chi connectivity index (χ4v) is 2.67. The lowest BCUT2D eigenvalue weighted by atomic mass is 10.2. The summed E-state index contributed by atoms with van der Waals surface area (Å²) in [6.45, 7) is 2.06. The lowest BCUT2D eigenvalue weighted by molar-refractivity contribution is 0.682. The van der Waals surface area contributed by atoms with Crippen molar-refractivity contribution in [3.05, 3.63) is 44.3 Å². The van der Waals surface area contributed by atoms with Crippen LogP contribution < -0.4 is 5.73 Å². The van der Waals surface area contributed by atoms with Gasteiger partial charge in [-0.15, -0.1) is 10.2 Å². The van der Waals surface area contributed by atoms with E-state index in [-0.39, 0.29) is 6.04 Å². The molecule has 0 fully saturated rings. The average molecular weight is 312 g/mol. The summed E-state index contributed by atoms with van der Waals surface area (Å²) in [6, 6.07) is 8.27. The van der Waals surface area contributed by atoms with E-state index >= 15 is 0 Å². The second-order valence-corrected chi connectivity index (χ2v) is 5.86. The van der Waals surface area contributed by atoms with Crippen molar-refractivity contribution < 1.29 is 0 Å². The highest BCUT2D eigenvalue weighted by atomic mass is 79.9. The Kier molecular flexibility index (Phi) is 4.25. The van der Waals surface area contributed by atoms with Gasteiger partial charge < -0.3 is 5.73 Å². The third-order valence-electron chi connectivity index (χ3n) is 2.51. The molecule has 0 spiro atoms. The minimum atomic E-state index is 0.0196. The van der Waals surface area contributed by atoms with Crippen LogP contribution in [-0.2, 0) is 6.42 Å². The minimum absolute atomic E-state index is 0.0196. The van der Waals surface area contributed by atoms with E-state index in [4.69, 9.17) is 5.73 Å². The summed E-state index contributed by atoms with van der Waals surface area (Å²) >= 11 is 5.03. The van der Waals surface area contributed by atoms with Crippen LogP contribution in [0.15, 0.2) is 28.7 Å². The van der Waals surface area contributed by atoms with Gasteiger partial charge in [0.25, 0.3) is 0 Å². The van der Waals surface area contributed by atoms with Crippen molar-refractivity contribution in [2.45, 2.75) is 25.8 Å². The highest BCUT2D eigenvalue weighted by molar-refractivity contribution is 9.10. The van der Waals surface area contributed by atoms with Crippen LogP contribution in [0.3, 0.4) is 0 Å². The third kappa shape index (κ3) is 3.34. The molecular weight excluding hydrogens is 298 g/mol. The molecule has 17 heavy (non-hydrogen) atoms. The van der Waals surface area contributed by atoms with Gasteiger partial charge in [0.1, 0.15) is 10.0 Å². The maximum Gasteiger partial charge on any atom is 0.134 e. The Labute approximate surface area is 113 Å². The van der Waals surface area contributed by atoms with Crippen molar-refractivity contribution in [1.82, 2.24) is 10.2 Å². The monoisotopic (exact) mass is 311 g/mol. The Morgan fingerprint density at radius 2 is 2.00 bits per heavy atom. The molecule has 1 aromatic heterocycles. The van der Waals surface area contributed by atoms with Crippen LogP contribution in [0.25, 0.3) is 0 Å². The van der Waals surface area contributed by atoms with Crippen molar-refractivity contribution in [3.8, 4) is 0 Å². The molecule has 5 heteroatoms. The van der Waals surface area contributed by atoms with E-state index in [1.54, 1.807) is 11.3 Å². The smallest absolute Gasteiger partial charge is 0.134 e. The first-order chi connectivity index (χ1) is 8.19. The summed E-state index contributed by atoms with van der Waals surface area (Å²) in [7, 11) is 0. The first-order valence-electron chi connectivity index (χ1n) is 5.51. The molecule has 0 radical (unpaired) electrons. The molecule has 1 unspecified atom stereocenters. The number of rotatable bonds is 4. The first kappa shape index (κ1) is 12.7. The molecule has 1 atom stereocenters. The van der Waals surface area contributed by atoms with Crippen molar-refractivity contribution in [3.63, 3.8) is 0 Å². The lowest BCUT2D eigenvalue weighted by Crippen LogP contribution is -2.07. The minimum Gasteiger partial charge on any atom is -0.322 e. The molecule has 0 aliphatic rings. The van der Waals surface area contributed by atoms with Crippen LogP contribution in [0, 0.1) is 0 Å². The topological polar surface area (TPSA) is 51.8 Å². The van der Waals surface area contributed by atoms with Gasteiger partial charge in [0.05, 0.1) is 6.04 Å². The Hall–Kier alpha value is -0.780. The number of nitrogens with two attached hydrogens (primary N) is 1. The number of hydrogen-bond acceptors (Lipinski definition) is 4. The number of benzene rings is 1. The van der Waals surface area contributed by atoms with Gasteiger partial charge in [-0.1, -0.05) is 46.3 Å². The number of nitrogens with zero attached hydrogens (tertiary/aromatic N) is 2. The van der Waals surface area contributed by atoms with Crippen LogP contribution in [0.2, 0.25) is 0 Å². The van der Waals surface area contributed by atoms with Crippen LogP contribution in [0.5, 0.6) is 0 Å². The molecule has 2 aromatic rings. The van der Waals surface area contributed by atoms with E-state index < -0.39 is 0 Å². The van der Waals surface area contributed by atoms with Crippen LogP contribution in [0.1, 0.15) is 35.0 Å². The Morgan fingerprint density at radius 1 is 1.29 bits per heavy atom. The van der Waals surface area contributed by atoms with E-state index in [2.05, 4.69) is 45.2 Å². The van der Waals surface area contributed by atoms with Gasteiger partial charge in [0.15, 0.2) is 0 Å². The highest BCUT2D eigenvalue weighted by Gasteiger charge is 2.10. The fourth-order valence-electron chi connectivity index (χ4n) is 1.44. The molecule has 0 saturated carbocycles. The van der Waals surface area contributed by atoms with Crippen LogP contribution >= 0.6 is 27.3 Å². The van der Waals surface area contributed by atoms with E-state index in [9.17, 15) is 0 Å². The zero-order valence-electron chi connectivity index (χ0n) is 9.56. The van der Waals surface area contributed by atoms with Crippen LogP contribution in [-0.4, -0.2) is 10.2 Å². The predicted molar refractivity (Wildman–Crippen MR) is 74.1 cm³/mol. The fraction of sp³-hybridized carbons (Fsp3) is 0.333. The Bertz CT molecular complexity index is 481. The Morgan fingerprint density at radius 3 is 2.65 bits per heavy atom. The van der Waals surface area contributed by atoms with Gasteiger partial charge >= 0.3 is 0 Å². The molecule has 2 N–H and O–H groups in total. The normalized spacial score (nSPS) is 12.6. The maximum absolute atomic E-state index is 5.92. The van der Waals surface area contributed by atoms with E-state index in [1.165, 1.54) is 5.56 Å². The number of halogens is 1. The predicted octanol–water partition coefficient (Wildman–Crippen LogP) is 3.30. The average Bonchev–Trinajstić information content (AvgIpc) is 2.80. The van der Waals surface area contributed by atoms with E-state index in [0.717, 1.165) is 27.3 Å². The molecule has 0 aliphatic heterocycles. The molecule has 0 saturated heterocycles. The zero-order valence-corrected chi connectivity index (χ0v) is 12.0. The third-order valence-corrected chi connectivity index (χ3v) is 4.09. The highest BCUT2D eigenvalue weighted by Crippen LogP contribution is 2.21. The molecular formula is C12H14BrN3S. The van der Waals surface area contributed by atoms with Gasteiger partial charge in [0.2, 0.25) is 0 Å². The van der Waals surface area contributed by atoms with Crippen molar-refractivity contribution >= 4 is 27.3 Å². The summed E-state index contributed by atoms with van der Waals surface area (Å²) in [6.07, 6.45) is 1.72. The SMILES string of the molecule is CCC(N)c1nnc(Cc2ccc(Br)cc2)s1. The molecule has 2 rings (SSSR count). The summed E-state index contributed by atoms with van der Waals surface area (Å²) in [5.74, 6) is 0. The molecule has 3 nitrogen and oxygen atoms in total. The van der Waals surface area contributed by atoms with Gasteiger partial charge in [-0.3, -0.25) is 0 Å². The summed E-state index contributed by atoms with van der Waals surface area (Å²) in [5, 5.41) is 10.3. The summed E-state index contributed by atoms with van der Waals surface area (Å²) in [4.78, 5) is 0. The van der Waals surface area contributed by atoms with E-state index in [1.807, 2.05) is 12.1 Å². The van der Waals surface area contributed by atoms with E-state index in [0.29, 0.717) is 0 Å².